The zero-order valence-electron chi connectivity index (χ0n) is 11.0. The van der Waals surface area contributed by atoms with Gasteiger partial charge in [0.25, 0.3) is 0 Å². The Hall–Kier alpha value is -1.41. The fourth-order valence-corrected chi connectivity index (χ4v) is 2.51. The minimum absolute atomic E-state index is 0.148. The van der Waals surface area contributed by atoms with Gasteiger partial charge in [-0.1, -0.05) is 36.4 Å². The Labute approximate surface area is 109 Å². The minimum atomic E-state index is 0.148. The topological polar surface area (TPSA) is 20.3 Å². The zero-order chi connectivity index (χ0) is 12.8. The van der Waals surface area contributed by atoms with Gasteiger partial charge in [0.15, 0.2) is 5.78 Å². The molecule has 1 aliphatic heterocycles. The summed E-state index contributed by atoms with van der Waals surface area (Å²) < 4.78 is 0. The lowest BCUT2D eigenvalue weighted by molar-refractivity contribution is -0.112. The van der Waals surface area contributed by atoms with Crippen LogP contribution in [0, 0.1) is 5.92 Å². The van der Waals surface area contributed by atoms with E-state index in [0.717, 1.165) is 13.1 Å². The van der Waals surface area contributed by atoms with Crippen molar-refractivity contribution in [1.29, 1.82) is 0 Å². The summed E-state index contributed by atoms with van der Waals surface area (Å²) in [5.74, 6) is 0.682. The number of carbonyl (C=O) groups is 1. The quantitative estimate of drug-likeness (QED) is 0.758. The van der Waals surface area contributed by atoms with Crippen LogP contribution in [0.15, 0.2) is 42.5 Å². The van der Waals surface area contributed by atoms with E-state index in [1.54, 1.807) is 13.0 Å². The molecule has 0 aliphatic carbocycles. The van der Waals surface area contributed by atoms with Crippen LogP contribution < -0.4 is 0 Å². The highest BCUT2D eigenvalue weighted by atomic mass is 16.1. The maximum absolute atomic E-state index is 11.0. The number of hydrogen-bond acceptors (Lipinski definition) is 2. The van der Waals surface area contributed by atoms with Crippen molar-refractivity contribution in [2.75, 3.05) is 13.1 Å². The van der Waals surface area contributed by atoms with Crippen LogP contribution in [-0.2, 0) is 11.3 Å². The summed E-state index contributed by atoms with van der Waals surface area (Å²) in [6, 6.07) is 10.6. The molecule has 1 atom stereocenters. The molecule has 0 spiro atoms. The first-order chi connectivity index (χ1) is 8.74. The van der Waals surface area contributed by atoms with Crippen LogP contribution in [0.2, 0.25) is 0 Å². The smallest absolute Gasteiger partial charge is 0.152 e. The number of likely N-dealkylation sites (tertiary alicyclic amines) is 1. The van der Waals surface area contributed by atoms with Crippen LogP contribution in [0.25, 0.3) is 0 Å². The largest absolute Gasteiger partial charge is 0.299 e. The highest BCUT2D eigenvalue weighted by molar-refractivity contribution is 5.87. The van der Waals surface area contributed by atoms with Gasteiger partial charge in [-0.25, -0.2) is 0 Å². The lowest BCUT2D eigenvalue weighted by atomic mass is 9.97. The Balaban J connectivity index is 1.89. The Kier molecular flexibility index (Phi) is 4.71. The van der Waals surface area contributed by atoms with E-state index in [4.69, 9.17) is 0 Å². The van der Waals surface area contributed by atoms with Crippen molar-refractivity contribution in [3.05, 3.63) is 48.0 Å². The molecule has 1 unspecified atom stereocenters. The molecule has 2 nitrogen and oxygen atoms in total. The van der Waals surface area contributed by atoms with Crippen molar-refractivity contribution in [2.24, 2.45) is 5.92 Å². The standard InChI is InChI=1S/C16H21NO/c1-14(18)9-10-16-8-5-11-17(13-16)12-15-6-3-2-4-7-15/h2-4,6-7,9-10,16H,5,8,11-13H2,1H3/b10-9+. The first-order valence-electron chi connectivity index (χ1n) is 6.69. The Morgan fingerprint density at radius 1 is 1.39 bits per heavy atom. The first kappa shape index (κ1) is 13.0. The highest BCUT2D eigenvalue weighted by Gasteiger charge is 2.17. The number of allylic oxidation sites excluding steroid dienone is 1. The number of rotatable bonds is 4. The van der Waals surface area contributed by atoms with Crippen molar-refractivity contribution in [3.8, 4) is 0 Å². The van der Waals surface area contributed by atoms with Crippen LogP contribution in [0.1, 0.15) is 25.3 Å². The molecule has 1 aliphatic rings. The van der Waals surface area contributed by atoms with Crippen LogP contribution in [0.4, 0.5) is 0 Å². The molecule has 0 saturated carbocycles. The van der Waals surface area contributed by atoms with Crippen molar-refractivity contribution in [3.63, 3.8) is 0 Å². The van der Waals surface area contributed by atoms with Gasteiger partial charge in [-0.2, -0.15) is 0 Å². The Morgan fingerprint density at radius 2 is 2.17 bits per heavy atom. The van der Waals surface area contributed by atoms with Crippen molar-refractivity contribution < 1.29 is 4.79 Å². The highest BCUT2D eigenvalue weighted by Crippen LogP contribution is 2.19. The number of hydrogen-bond donors (Lipinski definition) is 0. The number of benzene rings is 1. The van der Waals surface area contributed by atoms with Gasteiger partial charge in [-0.05, 0) is 43.9 Å². The molecular formula is C16H21NO. The van der Waals surface area contributed by atoms with Gasteiger partial charge in [-0.3, -0.25) is 9.69 Å². The van der Waals surface area contributed by atoms with Crippen LogP contribution in [-0.4, -0.2) is 23.8 Å². The average molecular weight is 243 g/mol. The Morgan fingerprint density at radius 3 is 2.89 bits per heavy atom. The van der Waals surface area contributed by atoms with Crippen LogP contribution in [0.3, 0.4) is 0 Å². The van der Waals surface area contributed by atoms with Crippen molar-refractivity contribution in [2.45, 2.75) is 26.3 Å². The summed E-state index contributed by atoms with van der Waals surface area (Å²) in [6.45, 7) is 4.87. The number of piperidine rings is 1. The molecule has 2 rings (SSSR count). The molecule has 1 aromatic rings. The summed E-state index contributed by atoms with van der Waals surface area (Å²) in [4.78, 5) is 13.4. The van der Waals surface area contributed by atoms with E-state index >= 15 is 0 Å². The Bertz CT molecular complexity index is 410. The van der Waals surface area contributed by atoms with Crippen molar-refractivity contribution >= 4 is 5.78 Å². The van der Waals surface area contributed by atoms with E-state index in [9.17, 15) is 4.79 Å². The van der Waals surface area contributed by atoms with Gasteiger partial charge in [0.1, 0.15) is 0 Å². The fraction of sp³-hybridized carbons (Fsp3) is 0.438. The normalized spacial score (nSPS) is 21.3. The predicted octanol–water partition coefficient (Wildman–Crippen LogP) is 3.04. The second-order valence-corrected chi connectivity index (χ2v) is 5.09. The maximum atomic E-state index is 11.0. The zero-order valence-corrected chi connectivity index (χ0v) is 11.0. The number of nitrogens with zero attached hydrogens (tertiary/aromatic N) is 1. The van der Waals surface area contributed by atoms with Gasteiger partial charge in [-0.15, -0.1) is 0 Å². The molecule has 1 heterocycles. The first-order valence-corrected chi connectivity index (χ1v) is 6.69. The molecule has 0 aromatic heterocycles. The molecule has 18 heavy (non-hydrogen) atoms. The molecule has 96 valence electrons. The van der Waals surface area contributed by atoms with E-state index < -0.39 is 0 Å². The fourth-order valence-electron chi connectivity index (χ4n) is 2.51. The van der Waals surface area contributed by atoms with Gasteiger partial charge in [0.2, 0.25) is 0 Å². The monoisotopic (exact) mass is 243 g/mol. The molecular weight excluding hydrogens is 222 g/mol. The van der Waals surface area contributed by atoms with Crippen molar-refractivity contribution in [1.82, 2.24) is 4.90 Å². The van der Waals surface area contributed by atoms with Gasteiger partial charge < -0.3 is 0 Å². The molecule has 0 radical (unpaired) electrons. The molecule has 0 N–H and O–H groups in total. The average Bonchev–Trinajstić information content (AvgIpc) is 2.38. The van der Waals surface area contributed by atoms with E-state index in [0.29, 0.717) is 5.92 Å². The van der Waals surface area contributed by atoms with Gasteiger partial charge in [0.05, 0.1) is 0 Å². The lowest BCUT2D eigenvalue weighted by Gasteiger charge is -2.31. The third-order valence-electron chi connectivity index (χ3n) is 3.39. The number of ketones is 1. The van der Waals surface area contributed by atoms with Gasteiger partial charge >= 0.3 is 0 Å². The SMILES string of the molecule is CC(=O)/C=C/C1CCCN(Cc2ccccc2)C1. The molecule has 1 saturated heterocycles. The summed E-state index contributed by atoms with van der Waals surface area (Å²) in [7, 11) is 0. The van der Waals surface area contributed by atoms with E-state index in [1.165, 1.54) is 24.9 Å². The molecule has 1 fully saturated rings. The second-order valence-electron chi connectivity index (χ2n) is 5.09. The molecule has 0 bridgehead atoms. The summed E-state index contributed by atoms with van der Waals surface area (Å²) in [6.07, 6.45) is 6.23. The summed E-state index contributed by atoms with van der Waals surface area (Å²) >= 11 is 0. The summed E-state index contributed by atoms with van der Waals surface area (Å²) in [5.41, 5.74) is 1.37. The summed E-state index contributed by atoms with van der Waals surface area (Å²) in [5, 5.41) is 0. The number of carbonyl (C=O) groups excluding carboxylic acids is 1. The molecule has 0 amide bonds. The third-order valence-corrected chi connectivity index (χ3v) is 3.39. The van der Waals surface area contributed by atoms with Crippen LogP contribution in [0.5, 0.6) is 0 Å². The van der Waals surface area contributed by atoms with E-state index in [1.807, 2.05) is 0 Å². The van der Waals surface area contributed by atoms with E-state index in [2.05, 4.69) is 41.3 Å². The molecule has 2 heteroatoms. The third kappa shape index (κ3) is 4.11. The second kappa shape index (κ2) is 6.50. The predicted molar refractivity (Wildman–Crippen MR) is 74.3 cm³/mol. The molecule has 1 aromatic carbocycles. The van der Waals surface area contributed by atoms with Gasteiger partial charge in [0, 0.05) is 13.1 Å². The lowest BCUT2D eigenvalue weighted by Crippen LogP contribution is -2.34. The minimum Gasteiger partial charge on any atom is -0.299 e. The van der Waals surface area contributed by atoms with Crippen LogP contribution >= 0.6 is 0 Å². The maximum Gasteiger partial charge on any atom is 0.152 e. The van der Waals surface area contributed by atoms with E-state index in [-0.39, 0.29) is 5.78 Å².